The summed E-state index contributed by atoms with van der Waals surface area (Å²) in [4.78, 5) is 11.3. The third-order valence-electron chi connectivity index (χ3n) is 3.52. The second kappa shape index (κ2) is 7.82. The Labute approximate surface area is 115 Å². The van der Waals surface area contributed by atoms with Crippen LogP contribution in [0.25, 0.3) is 0 Å². The Bertz CT molecular complexity index is 277. The van der Waals surface area contributed by atoms with Crippen molar-refractivity contribution in [2.75, 3.05) is 26.4 Å². The summed E-state index contributed by atoms with van der Waals surface area (Å²) < 4.78 is 10.9. The van der Waals surface area contributed by atoms with Crippen molar-refractivity contribution in [3.63, 3.8) is 0 Å². The van der Waals surface area contributed by atoms with Crippen molar-refractivity contribution in [2.24, 2.45) is 5.92 Å². The van der Waals surface area contributed by atoms with E-state index in [1.165, 1.54) is 0 Å². The van der Waals surface area contributed by atoms with Gasteiger partial charge in [-0.25, -0.2) is 0 Å². The zero-order valence-corrected chi connectivity index (χ0v) is 12.3. The van der Waals surface area contributed by atoms with Crippen LogP contribution >= 0.6 is 0 Å². The molecule has 1 aliphatic heterocycles. The van der Waals surface area contributed by atoms with Gasteiger partial charge in [0, 0.05) is 32.5 Å². The molecule has 0 saturated carbocycles. The van der Waals surface area contributed by atoms with Gasteiger partial charge in [-0.05, 0) is 46.0 Å². The zero-order valence-electron chi connectivity index (χ0n) is 12.3. The molecule has 1 aliphatic rings. The fraction of sp³-hybridized carbons (Fsp3) is 0.929. The van der Waals surface area contributed by atoms with Crippen molar-refractivity contribution in [3.05, 3.63) is 0 Å². The van der Waals surface area contributed by atoms with Crippen LogP contribution in [0.5, 0.6) is 0 Å². The summed E-state index contributed by atoms with van der Waals surface area (Å²) in [6.45, 7) is 8.42. The second-order valence-electron chi connectivity index (χ2n) is 5.82. The molecule has 1 rings (SSSR count). The first-order valence-corrected chi connectivity index (χ1v) is 7.10. The Balaban J connectivity index is 2.26. The van der Waals surface area contributed by atoms with Gasteiger partial charge in [0.2, 0.25) is 0 Å². The molecule has 1 unspecified atom stereocenters. The average Bonchev–Trinajstić information content (AvgIpc) is 2.35. The van der Waals surface area contributed by atoms with E-state index >= 15 is 0 Å². The van der Waals surface area contributed by atoms with Crippen LogP contribution < -0.4 is 5.32 Å². The maximum absolute atomic E-state index is 11.3. The molecule has 0 aromatic carbocycles. The number of ether oxygens (including phenoxy) is 2. The monoisotopic (exact) mass is 273 g/mol. The summed E-state index contributed by atoms with van der Waals surface area (Å²) in [6, 6.07) is 0.136. The number of carbonyl (C=O) groups is 1. The van der Waals surface area contributed by atoms with E-state index in [0.29, 0.717) is 25.6 Å². The molecular weight excluding hydrogens is 246 g/mol. The fourth-order valence-electron chi connectivity index (χ4n) is 2.32. The number of hydrogen-bond acceptors (Lipinski definition) is 4. The quantitative estimate of drug-likeness (QED) is 0.658. The van der Waals surface area contributed by atoms with Crippen LogP contribution in [0.3, 0.4) is 0 Å². The Kier molecular flexibility index (Phi) is 6.75. The van der Waals surface area contributed by atoms with Gasteiger partial charge >= 0.3 is 5.97 Å². The van der Waals surface area contributed by atoms with Crippen molar-refractivity contribution >= 4 is 5.97 Å². The second-order valence-corrected chi connectivity index (χ2v) is 5.82. The number of rotatable bonds is 8. The Morgan fingerprint density at radius 3 is 2.63 bits per heavy atom. The third kappa shape index (κ3) is 5.89. The van der Waals surface area contributed by atoms with E-state index in [2.05, 4.69) is 5.32 Å². The number of carboxylic acids is 1. The molecule has 0 aromatic rings. The van der Waals surface area contributed by atoms with Gasteiger partial charge in [-0.2, -0.15) is 0 Å². The van der Waals surface area contributed by atoms with Crippen LogP contribution in [0.1, 0.15) is 40.0 Å². The molecule has 5 nitrogen and oxygen atoms in total. The third-order valence-corrected chi connectivity index (χ3v) is 3.52. The summed E-state index contributed by atoms with van der Waals surface area (Å²) in [5.74, 6) is -0.265. The zero-order chi connectivity index (χ0) is 14.3. The Morgan fingerprint density at radius 1 is 1.47 bits per heavy atom. The summed E-state index contributed by atoms with van der Waals surface area (Å²) in [7, 11) is 0. The van der Waals surface area contributed by atoms with E-state index in [1.807, 2.05) is 13.8 Å². The lowest BCUT2D eigenvalue weighted by molar-refractivity contribution is -0.145. The van der Waals surface area contributed by atoms with Crippen molar-refractivity contribution in [1.29, 1.82) is 0 Å². The molecule has 1 atom stereocenters. The van der Waals surface area contributed by atoms with Gasteiger partial charge in [0.1, 0.15) is 5.54 Å². The SMILES string of the molecule is CC(C)NC(C)(CCOCC1CCOCC1)C(=O)O. The molecule has 1 heterocycles. The Hall–Kier alpha value is -0.650. The minimum absolute atomic E-state index is 0.136. The van der Waals surface area contributed by atoms with E-state index in [9.17, 15) is 9.90 Å². The topological polar surface area (TPSA) is 67.8 Å². The first-order chi connectivity index (χ1) is 8.94. The molecule has 2 N–H and O–H groups in total. The highest BCUT2D eigenvalue weighted by atomic mass is 16.5. The molecule has 0 aromatic heterocycles. The lowest BCUT2D eigenvalue weighted by Gasteiger charge is -2.29. The predicted octanol–water partition coefficient (Wildman–Crippen LogP) is 1.66. The summed E-state index contributed by atoms with van der Waals surface area (Å²) in [5, 5.41) is 12.4. The first-order valence-electron chi connectivity index (χ1n) is 7.10. The number of carboxylic acid groups (broad SMARTS) is 1. The van der Waals surface area contributed by atoms with Crippen molar-refractivity contribution < 1.29 is 19.4 Å². The van der Waals surface area contributed by atoms with E-state index in [1.54, 1.807) is 6.92 Å². The van der Waals surface area contributed by atoms with Gasteiger partial charge in [-0.3, -0.25) is 10.1 Å². The van der Waals surface area contributed by atoms with Gasteiger partial charge in [-0.15, -0.1) is 0 Å². The molecule has 19 heavy (non-hydrogen) atoms. The highest BCUT2D eigenvalue weighted by molar-refractivity contribution is 5.78. The van der Waals surface area contributed by atoms with Gasteiger partial charge in [0.05, 0.1) is 0 Å². The fourth-order valence-corrected chi connectivity index (χ4v) is 2.32. The predicted molar refractivity (Wildman–Crippen MR) is 73.3 cm³/mol. The molecule has 1 fully saturated rings. The minimum atomic E-state index is -0.913. The average molecular weight is 273 g/mol. The maximum Gasteiger partial charge on any atom is 0.323 e. The van der Waals surface area contributed by atoms with Gasteiger partial charge in [-0.1, -0.05) is 0 Å². The van der Waals surface area contributed by atoms with Crippen molar-refractivity contribution in [1.82, 2.24) is 5.32 Å². The highest BCUT2D eigenvalue weighted by Crippen LogP contribution is 2.16. The first kappa shape index (κ1) is 16.4. The smallest absolute Gasteiger partial charge is 0.323 e. The van der Waals surface area contributed by atoms with Gasteiger partial charge < -0.3 is 14.6 Å². The van der Waals surface area contributed by atoms with Crippen molar-refractivity contribution in [2.45, 2.75) is 51.6 Å². The minimum Gasteiger partial charge on any atom is -0.480 e. The molecule has 1 saturated heterocycles. The molecule has 0 amide bonds. The number of aliphatic carboxylic acids is 1. The lowest BCUT2D eigenvalue weighted by atomic mass is 9.97. The largest absolute Gasteiger partial charge is 0.480 e. The molecule has 0 bridgehead atoms. The Morgan fingerprint density at radius 2 is 2.11 bits per heavy atom. The lowest BCUT2D eigenvalue weighted by Crippen LogP contribution is -2.53. The molecular formula is C14H27NO4. The molecule has 5 heteroatoms. The van der Waals surface area contributed by atoms with Gasteiger partial charge in [0.15, 0.2) is 0 Å². The molecule has 112 valence electrons. The van der Waals surface area contributed by atoms with Crippen LogP contribution in [0.2, 0.25) is 0 Å². The van der Waals surface area contributed by atoms with Crippen LogP contribution in [0.4, 0.5) is 0 Å². The summed E-state index contributed by atoms with van der Waals surface area (Å²) in [6.07, 6.45) is 2.56. The molecule has 0 radical (unpaired) electrons. The van der Waals surface area contributed by atoms with Crippen LogP contribution in [-0.2, 0) is 14.3 Å². The standard InChI is InChI=1S/C14H27NO4/c1-11(2)15-14(3,13(16)17)6-9-19-10-12-4-7-18-8-5-12/h11-12,15H,4-10H2,1-3H3,(H,16,17). The number of nitrogens with one attached hydrogen (secondary N) is 1. The van der Waals surface area contributed by atoms with E-state index in [0.717, 1.165) is 26.1 Å². The number of hydrogen-bond donors (Lipinski definition) is 2. The molecule has 0 aliphatic carbocycles. The van der Waals surface area contributed by atoms with E-state index < -0.39 is 11.5 Å². The highest BCUT2D eigenvalue weighted by Gasteiger charge is 2.33. The molecule has 0 spiro atoms. The summed E-state index contributed by atoms with van der Waals surface area (Å²) >= 11 is 0. The van der Waals surface area contributed by atoms with Crippen LogP contribution in [0.15, 0.2) is 0 Å². The van der Waals surface area contributed by atoms with E-state index in [-0.39, 0.29) is 6.04 Å². The maximum atomic E-state index is 11.3. The van der Waals surface area contributed by atoms with Crippen LogP contribution in [-0.4, -0.2) is 49.1 Å². The van der Waals surface area contributed by atoms with Gasteiger partial charge in [0.25, 0.3) is 0 Å². The van der Waals surface area contributed by atoms with Crippen molar-refractivity contribution in [3.8, 4) is 0 Å². The van der Waals surface area contributed by atoms with Crippen LogP contribution in [0, 0.1) is 5.92 Å². The van der Waals surface area contributed by atoms with E-state index in [4.69, 9.17) is 9.47 Å². The normalized spacial score (nSPS) is 20.4. The summed E-state index contributed by atoms with van der Waals surface area (Å²) in [5.41, 5.74) is -0.913.